The number of nitrogens with one attached hydrogen (secondary N) is 1. The van der Waals surface area contributed by atoms with Crippen molar-refractivity contribution in [3.63, 3.8) is 0 Å². The van der Waals surface area contributed by atoms with Crippen LogP contribution in [0, 0.1) is 10.1 Å². The molecule has 3 rings (SSSR count). The van der Waals surface area contributed by atoms with E-state index in [0.29, 0.717) is 12.2 Å². The first-order valence-corrected chi connectivity index (χ1v) is 10.8. The predicted octanol–water partition coefficient (Wildman–Crippen LogP) is 3.23. The van der Waals surface area contributed by atoms with Gasteiger partial charge in [-0.15, -0.1) is 0 Å². The zero-order chi connectivity index (χ0) is 19.4. The third-order valence-electron chi connectivity index (χ3n) is 4.78. The van der Waals surface area contributed by atoms with Crippen LogP contribution in [0.3, 0.4) is 0 Å². The molecule has 0 radical (unpaired) electrons. The molecular formula is C18H23N3O5S. The van der Waals surface area contributed by atoms with Gasteiger partial charge >= 0.3 is 0 Å². The van der Waals surface area contributed by atoms with E-state index in [1.165, 1.54) is 18.6 Å². The van der Waals surface area contributed by atoms with Crippen molar-refractivity contribution in [1.29, 1.82) is 0 Å². The number of nitro benzene ring substituents is 1. The molecule has 1 N–H and O–H groups in total. The van der Waals surface area contributed by atoms with E-state index < -0.39 is 14.8 Å². The summed E-state index contributed by atoms with van der Waals surface area (Å²) in [6.45, 7) is 2.32. The second kappa shape index (κ2) is 8.10. The molecule has 1 fully saturated rings. The summed E-state index contributed by atoms with van der Waals surface area (Å²) in [4.78, 5) is 13.1. The summed E-state index contributed by atoms with van der Waals surface area (Å²) in [5, 5.41) is 14.5. The van der Waals surface area contributed by atoms with Crippen molar-refractivity contribution in [2.75, 3.05) is 31.2 Å². The number of hydrogen-bond donors (Lipinski definition) is 1. The highest BCUT2D eigenvalue weighted by Gasteiger charge is 2.26. The van der Waals surface area contributed by atoms with E-state index in [2.05, 4.69) is 10.2 Å². The van der Waals surface area contributed by atoms with Gasteiger partial charge in [-0.3, -0.25) is 15.0 Å². The Balaban J connectivity index is 1.83. The average molecular weight is 393 g/mol. The number of anilines is 1. The molecule has 0 aliphatic carbocycles. The summed E-state index contributed by atoms with van der Waals surface area (Å²) in [7, 11) is -3.51. The average Bonchev–Trinajstić information content (AvgIpc) is 3.16. The lowest BCUT2D eigenvalue weighted by Crippen LogP contribution is -2.37. The van der Waals surface area contributed by atoms with Crippen molar-refractivity contribution < 1.29 is 17.8 Å². The number of rotatable bonds is 7. The second-order valence-corrected chi connectivity index (χ2v) is 8.73. The van der Waals surface area contributed by atoms with Crippen LogP contribution in [0.2, 0.25) is 0 Å². The molecule has 0 bridgehead atoms. The van der Waals surface area contributed by atoms with Crippen LogP contribution in [0.5, 0.6) is 0 Å². The van der Waals surface area contributed by atoms with Crippen LogP contribution in [0.1, 0.15) is 31.1 Å². The molecule has 1 saturated heterocycles. The Morgan fingerprint density at radius 3 is 2.59 bits per heavy atom. The summed E-state index contributed by atoms with van der Waals surface area (Å²) < 4.78 is 29.0. The first-order valence-electron chi connectivity index (χ1n) is 8.86. The number of furan rings is 1. The quantitative estimate of drug-likeness (QED) is 0.568. The number of nitro groups is 1. The molecule has 2 aromatic rings. The smallest absolute Gasteiger partial charge is 0.293 e. The molecule has 0 spiro atoms. The molecule has 27 heavy (non-hydrogen) atoms. The third-order valence-corrected chi connectivity index (χ3v) is 5.89. The zero-order valence-corrected chi connectivity index (χ0v) is 15.9. The summed E-state index contributed by atoms with van der Waals surface area (Å²) in [6, 6.07) is 7.62. The van der Waals surface area contributed by atoms with Crippen molar-refractivity contribution in [2.45, 2.75) is 30.2 Å². The Hall–Kier alpha value is -2.39. The van der Waals surface area contributed by atoms with Crippen molar-refractivity contribution in [3.05, 3.63) is 52.5 Å². The van der Waals surface area contributed by atoms with Crippen molar-refractivity contribution in [3.8, 4) is 0 Å². The molecule has 1 aromatic heterocycles. The summed E-state index contributed by atoms with van der Waals surface area (Å²) in [6.07, 6.45) is 6.08. The lowest BCUT2D eigenvalue weighted by molar-refractivity contribution is -0.384. The molecule has 1 atom stereocenters. The van der Waals surface area contributed by atoms with E-state index in [9.17, 15) is 18.5 Å². The van der Waals surface area contributed by atoms with Crippen LogP contribution in [0.25, 0.3) is 0 Å². The molecule has 8 nitrogen and oxygen atoms in total. The molecule has 9 heteroatoms. The number of hydrogen-bond acceptors (Lipinski definition) is 7. The minimum Gasteiger partial charge on any atom is -0.468 e. The first kappa shape index (κ1) is 19.4. The fourth-order valence-corrected chi connectivity index (χ4v) is 4.01. The molecule has 1 aliphatic heterocycles. The maximum absolute atomic E-state index is 11.7. The lowest BCUT2D eigenvalue weighted by atomic mass is 10.1. The molecule has 146 valence electrons. The van der Waals surface area contributed by atoms with Gasteiger partial charge in [-0.05, 0) is 50.2 Å². The fraction of sp³-hybridized carbons (Fsp3) is 0.444. The third kappa shape index (κ3) is 4.67. The predicted molar refractivity (Wildman–Crippen MR) is 102 cm³/mol. The van der Waals surface area contributed by atoms with Crippen LogP contribution >= 0.6 is 0 Å². The van der Waals surface area contributed by atoms with Gasteiger partial charge in [0.2, 0.25) is 0 Å². The van der Waals surface area contributed by atoms with Gasteiger partial charge in [0.25, 0.3) is 5.69 Å². The van der Waals surface area contributed by atoms with Crippen LogP contribution < -0.4 is 5.32 Å². The summed E-state index contributed by atoms with van der Waals surface area (Å²) in [5.74, 6) is 0.805. The van der Waals surface area contributed by atoms with Gasteiger partial charge in [-0.1, -0.05) is 6.42 Å². The van der Waals surface area contributed by atoms with Gasteiger partial charge in [0.05, 0.1) is 22.1 Å². The number of nitrogens with zero attached hydrogens (tertiary/aromatic N) is 2. The van der Waals surface area contributed by atoms with Crippen molar-refractivity contribution >= 4 is 21.2 Å². The van der Waals surface area contributed by atoms with Crippen LogP contribution in [0.4, 0.5) is 11.4 Å². The number of likely N-dealkylation sites (tertiary alicyclic amines) is 1. The van der Waals surface area contributed by atoms with Crippen LogP contribution in [0.15, 0.2) is 45.9 Å². The van der Waals surface area contributed by atoms with Crippen LogP contribution in [-0.2, 0) is 9.84 Å². The number of sulfone groups is 1. The molecule has 1 aliphatic rings. The molecule has 1 aromatic carbocycles. The Labute approximate surface area is 158 Å². The molecule has 0 amide bonds. The van der Waals surface area contributed by atoms with E-state index >= 15 is 0 Å². The van der Waals surface area contributed by atoms with Gasteiger partial charge in [-0.25, -0.2) is 8.42 Å². The molecule has 1 unspecified atom stereocenters. The Morgan fingerprint density at radius 2 is 2.00 bits per heavy atom. The highest BCUT2D eigenvalue weighted by molar-refractivity contribution is 7.90. The standard InChI is InChI=1S/C18H23N3O5S/c1-27(24,25)14-7-8-15(16(12-14)21(22)23)19-13-17(18-6-5-11-26-18)20-9-3-2-4-10-20/h5-8,11-12,17,19H,2-4,9-10,13H2,1H3. The fourth-order valence-electron chi connectivity index (χ4n) is 3.37. The SMILES string of the molecule is CS(=O)(=O)c1ccc(NCC(c2ccco2)N2CCCCC2)c([N+](=O)[O-])c1. The van der Waals surface area contributed by atoms with Crippen molar-refractivity contribution in [2.24, 2.45) is 0 Å². The van der Waals surface area contributed by atoms with Gasteiger partial charge in [0.15, 0.2) is 9.84 Å². The largest absolute Gasteiger partial charge is 0.468 e. The minimum absolute atomic E-state index is 0.0468. The van der Waals surface area contributed by atoms with E-state index in [1.54, 1.807) is 6.26 Å². The second-order valence-electron chi connectivity index (χ2n) is 6.72. The van der Waals surface area contributed by atoms with Crippen molar-refractivity contribution in [1.82, 2.24) is 4.90 Å². The monoisotopic (exact) mass is 393 g/mol. The molecular weight excluding hydrogens is 370 g/mol. The Kier molecular flexibility index (Phi) is 5.81. The normalized spacial score (nSPS) is 16.8. The summed E-state index contributed by atoms with van der Waals surface area (Å²) >= 11 is 0. The number of piperidine rings is 1. The van der Waals surface area contributed by atoms with Gasteiger partial charge in [0, 0.05) is 18.9 Å². The Morgan fingerprint density at radius 1 is 1.26 bits per heavy atom. The van der Waals surface area contributed by atoms with E-state index in [0.717, 1.165) is 44.0 Å². The van der Waals surface area contributed by atoms with Crippen LogP contribution in [-0.4, -0.2) is 44.1 Å². The highest BCUT2D eigenvalue weighted by Crippen LogP contribution is 2.30. The van der Waals surface area contributed by atoms with E-state index in [-0.39, 0.29) is 16.6 Å². The lowest BCUT2D eigenvalue weighted by Gasteiger charge is -2.33. The first-order chi connectivity index (χ1) is 12.9. The summed E-state index contributed by atoms with van der Waals surface area (Å²) in [5.41, 5.74) is 0.0377. The van der Waals surface area contributed by atoms with E-state index in [1.807, 2.05) is 12.1 Å². The maximum atomic E-state index is 11.7. The van der Waals surface area contributed by atoms with E-state index in [4.69, 9.17) is 4.42 Å². The Bertz CT molecular complexity index is 890. The van der Waals surface area contributed by atoms with Gasteiger partial charge in [-0.2, -0.15) is 0 Å². The van der Waals surface area contributed by atoms with Gasteiger partial charge in [0.1, 0.15) is 11.4 Å². The molecule has 0 saturated carbocycles. The molecule has 2 heterocycles. The highest BCUT2D eigenvalue weighted by atomic mass is 32.2. The topological polar surface area (TPSA) is 106 Å². The zero-order valence-electron chi connectivity index (χ0n) is 15.1. The number of benzene rings is 1. The minimum atomic E-state index is -3.51. The maximum Gasteiger partial charge on any atom is 0.293 e. The van der Waals surface area contributed by atoms with Gasteiger partial charge < -0.3 is 9.73 Å².